The molecule has 2 aromatic heterocycles. The molecule has 0 fully saturated rings. The van der Waals surface area contributed by atoms with Crippen molar-refractivity contribution in [2.24, 2.45) is 0 Å². The number of anilines is 2. The van der Waals surface area contributed by atoms with Gasteiger partial charge >= 0.3 is 5.63 Å². The predicted molar refractivity (Wildman–Crippen MR) is 120 cm³/mol. The predicted octanol–water partition coefficient (Wildman–Crippen LogP) is 0.956. The van der Waals surface area contributed by atoms with Crippen LogP contribution in [0.15, 0.2) is 44.3 Å². The number of nitrogens with one attached hydrogen (secondary N) is 1. The number of benzene rings is 1. The number of nitrogens with zero attached hydrogens (tertiary/aromatic N) is 3. The summed E-state index contributed by atoms with van der Waals surface area (Å²) in [6, 6.07) is 11.4. The molecule has 5 N–H and O–H groups in total. The standard InChI is InChI=1S/C22H15ClN6O3/c23-12-6-4-11(5-7-12)19-13(9-24)21(27)29(22(31)14(19)10-25)28-16-2-1-3-17-20(16)15(26)8-18(30)32-17/h3-8,28H,1-2,26-27H2. The summed E-state index contributed by atoms with van der Waals surface area (Å²) in [6.45, 7) is 0. The minimum atomic E-state index is -0.742. The van der Waals surface area contributed by atoms with Gasteiger partial charge in [0.1, 0.15) is 34.5 Å². The van der Waals surface area contributed by atoms with Crippen molar-refractivity contribution in [3.8, 4) is 23.3 Å². The van der Waals surface area contributed by atoms with E-state index in [9.17, 15) is 20.1 Å². The summed E-state index contributed by atoms with van der Waals surface area (Å²) in [5, 5.41) is 20.4. The molecule has 0 bridgehead atoms. The summed E-state index contributed by atoms with van der Waals surface area (Å²) in [5.41, 5.74) is 14.9. The van der Waals surface area contributed by atoms with Crippen LogP contribution in [0.25, 0.3) is 22.9 Å². The van der Waals surface area contributed by atoms with Crippen molar-refractivity contribution in [3.63, 3.8) is 0 Å². The van der Waals surface area contributed by atoms with Gasteiger partial charge in [0, 0.05) is 22.3 Å². The van der Waals surface area contributed by atoms with E-state index in [1.807, 2.05) is 12.1 Å². The molecule has 32 heavy (non-hydrogen) atoms. The number of nitrogens with two attached hydrogens (primary N) is 2. The van der Waals surface area contributed by atoms with Gasteiger partial charge in [-0.25, -0.2) is 9.47 Å². The number of hydrogen-bond acceptors (Lipinski definition) is 8. The van der Waals surface area contributed by atoms with Crippen LogP contribution in [0.3, 0.4) is 0 Å². The Hall–Kier alpha value is -4.47. The highest BCUT2D eigenvalue weighted by Crippen LogP contribution is 2.30. The van der Waals surface area contributed by atoms with Gasteiger partial charge in [0.15, 0.2) is 0 Å². The quantitative estimate of drug-likeness (QED) is 0.535. The molecule has 10 heteroatoms. The molecule has 0 saturated carbocycles. The van der Waals surface area contributed by atoms with Crippen LogP contribution < -0.4 is 38.7 Å². The Morgan fingerprint density at radius 1 is 1.09 bits per heavy atom. The fraction of sp³-hybridized carbons (Fsp3) is 0.0909. The highest BCUT2D eigenvalue weighted by molar-refractivity contribution is 6.30. The molecule has 0 unspecified atom stereocenters. The fourth-order valence-electron chi connectivity index (χ4n) is 3.64. The third kappa shape index (κ3) is 3.37. The molecule has 0 atom stereocenters. The Labute approximate surface area is 185 Å². The zero-order valence-corrected chi connectivity index (χ0v) is 17.2. The first-order valence-corrected chi connectivity index (χ1v) is 9.78. The van der Waals surface area contributed by atoms with Crippen LogP contribution in [0.4, 0.5) is 11.5 Å². The van der Waals surface area contributed by atoms with Gasteiger partial charge in [0.2, 0.25) is 0 Å². The van der Waals surface area contributed by atoms with Crippen LogP contribution in [0, 0.1) is 22.7 Å². The summed E-state index contributed by atoms with van der Waals surface area (Å²) < 4.78 is 6.14. The van der Waals surface area contributed by atoms with Crippen molar-refractivity contribution < 1.29 is 4.42 Å². The van der Waals surface area contributed by atoms with Crippen molar-refractivity contribution in [3.05, 3.63) is 77.9 Å². The number of hydrogen-bond donors (Lipinski definition) is 3. The minimum Gasteiger partial charge on any atom is -0.423 e. The lowest BCUT2D eigenvalue weighted by atomic mass is 9.96. The number of aromatic nitrogens is 1. The Bertz CT molecular complexity index is 1590. The van der Waals surface area contributed by atoms with Crippen LogP contribution in [0.1, 0.15) is 24.0 Å². The molecule has 2 heterocycles. The van der Waals surface area contributed by atoms with Crippen LogP contribution in [0.5, 0.6) is 0 Å². The summed E-state index contributed by atoms with van der Waals surface area (Å²) in [4.78, 5) is 24.9. The summed E-state index contributed by atoms with van der Waals surface area (Å²) in [7, 11) is 0. The minimum absolute atomic E-state index is 0.0493. The lowest BCUT2D eigenvalue weighted by Crippen LogP contribution is -2.41. The zero-order chi connectivity index (χ0) is 23.0. The molecular weight excluding hydrogens is 432 g/mol. The Morgan fingerprint density at radius 3 is 2.44 bits per heavy atom. The van der Waals surface area contributed by atoms with E-state index in [1.165, 1.54) is 0 Å². The SMILES string of the molecule is N#Cc1c(-c2ccc(Cl)cc2)c(C#N)c(=O)n(NC2=c3c(N)cc(=O)oc3=CCC2)c1N. The van der Waals surface area contributed by atoms with E-state index in [1.54, 1.807) is 30.3 Å². The largest absolute Gasteiger partial charge is 0.423 e. The summed E-state index contributed by atoms with van der Waals surface area (Å²) >= 11 is 5.93. The van der Waals surface area contributed by atoms with Crippen LogP contribution in [-0.4, -0.2) is 4.68 Å². The highest BCUT2D eigenvalue weighted by atomic mass is 35.5. The van der Waals surface area contributed by atoms with Gasteiger partial charge in [0.25, 0.3) is 5.56 Å². The lowest BCUT2D eigenvalue weighted by molar-refractivity contribution is 0.471. The van der Waals surface area contributed by atoms with Crippen molar-refractivity contribution in [1.29, 1.82) is 10.5 Å². The third-order valence-corrected chi connectivity index (χ3v) is 5.31. The number of halogens is 1. The molecule has 158 valence electrons. The van der Waals surface area contributed by atoms with Gasteiger partial charge in [-0.3, -0.25) is 10.2 Å². The zero-order valence-electron chi connectivity index (χ0n) is 16.5. The molecule has 0 radical (unpaired) electrons. The van der Waals surface area contributed by atoms with Gasteiger partial charge in [-0.1, -0.05) is 23.7 Å². The van der Waals surface area contributed by atoms with Crippen molar-refractivity contribution in [1.82, 2.24) is 4.68 Å². The second kappa shape index (κ2) is 7.99. The lowest BCUT2D eigenvalue weighted by Gasteiger charge is -2.20. The normalized spacial score (nSPS) is 12.3. The first kappa shape index (κ1) is 20.8. The van der Waals surface area contributed by atoms with Crippen LogP contribution in [-0.2, 0) is 0 Å². The van der Waals surface area contributed by atoms with E-state index < -0.39 is 11.2 Å². The smallest absolute Gasteiger partial charge is 0.338 e. The Morgan fingerprint density at radius 2 is 1.78 bits per heavy atom. The first-order chi connectivity index (χ1) is 15.3. The number of pyridine rings is 1. The Kier molecular flexibility index (Phi) is 5.19. The first-order valence-electron chi connectivity index (χ1n) is 9.40. The van der Waals surface area contributed by atoms with Crippen molar-refractivity contribution in [2.45, 2.75) is 12.8 Å². The number of nitrogen functional groups attached to an aromatic ring is 2. The van der Waals surface area contributed by atoms with Crippen LogP contribution in [0.2, 0.25) is 5.02 Å². The summed E-state index contributed by atoms with van der Waals surface area (Å²) in [6.07, 6.45) is 2.66. The van der Waals surface area contributed by atoms with Crippen molar-refractivity contribution in [2.75, 3.05) is 16.9 Å². The number of fused-ring (bicyclic) bond motifs is 1. The average Bonchev–Trinajstić information content (AvgIpc) is 2.76. The van der Waals surface area contributed by atoms with E-state index in [0.717, 1.165) is 10.7 Å². The molecule has 1 aromatic carbocycles. The fourth-order valence-corrected chi connectivity index (χ4v) is 3.77. The maximum atomic E-state index is 13.2. The average molecular weight is 447 g/mol. The molecule has 3 aromatic rings. The molecule has 1 aliphatic carbocycles. The molecule has 0 spiro atoms. The van der Waals surface area contributed by atoms with E-state index in [-0.39, 0.29) is 33.6 Å². The maximum absolute atomic E-state index is 13.2. The van der Waals surface area contributed by atoms with Gasteiger partial charge in [0.05, 0.1) is 10.9 Å². The van der Waals surface area contributed by atoms with Crippen molar-refractivity contribution >= 4 is 34.9 Å². The van der Waals surface area contributed by atoms with E-state index >= 15 is 0 Å². The van der Waals surface area contributed by atoms with Gasteiger partial charge < -0.3 is 15.9 Å². The second-order valence-corrected chi connectivity index (χ2v) is 7.41. The van der Waals surface area contributed by atoms with E-state index in [2.05, 4.69) is 5.43 Å². The number of rotatable bonds is 3. The molecule has 9 nitrogen and oxygen atoms in total. The van der Waals surface area contributed by atoms with Crippen LogP contribution >= 0.6 is 11.6 Å². The van der Waals surface area contributed by atoms with Gasteiger partial charge in [-0.2, -0.15) is 10.5 Å². The number of nitriles is 2. The molecule has 1 aliphatic rings. The molecule has 0 aliphatic heterocycles. The molecule has 0 saturated heterocycles. The third-order valence-electron chi connectivity index (χ3n) is 5.06. The van der Waals surface area contributed by atoms with E-state index in [0.29, 0.717) is 34.3 Å². The highest BCUT2D eigenvalue weighted by Gasteiger charge is 2.23. The molecule has 4 rings (SSSR count). The van der Waals surface area contributed by atoms with E-state index in [4.69, 9.17) is 27.5 Å². The second-order valence-electron chi connectivity index (χ2n) is 6.97. The molecular formula is C22H15ClN6O3. The maximum Gasteiger partial charge on any atom is 0.338 e. The van der Waals surface area contributed by atoms with Gasteiger partial charge in [-0.15, -0.1) is 0 Å². The van der Waals surface area contributed by atoms with Gasteiger partial charge in [-0.05, 0) is 36.6 Å². The monoisotopic (exact) mass is 446 g/mol. The Balaban J connectivity index is 2.00. The molecule has 0 amide bonds. The summed E-state index contributed by atoms with van der Waals surface area (Å²) in [5.74, 6) is -0.180. The topological polar surface area (TPSA) is 164 Å².